The zero-order chi connectivity index (χ0) is 12.8. The van der Waals surface area contributed by atoms with E-state index in [0.717, 1.165) is 12.6 Å². The van der Waals surface area contributed by atoms with Gasteiger partial charge < -0.3 is 11.1 Å². The number of nitrogens with zero attached hydrogens (tertiary/aromatic N) is 1. The van der Waals surface area contributed by atoms with Crippen LogP contribution in [0.15, 0.2) is 0 Å². The minimum absolute atomic E-state index is 0.216. The van der Waals surface area contributed by atoms with Crippen LogP contribution >= 0.6 is 0 Å². The summed E-state index contributed by atoms with van der Waals surface area (Å²) in [5.41, 5.74) is 6.85. The van der Waals surface area contributed by atoms with Gasteiger partial charge in [-0.3, -0.25) is 4.90 Å². The Kier molecular flexibility index (Phi) is 3.20. The minimum atomic E-state index is 0.216. The van der Waals surface area contributed by atoms with Crippen LogP contribution in [0, 0.1) is 5.41 Å². The lowest BCUT2D eigenvalue weighted by Crippen LogP contribution is -2.56. The third-order valence-corrected chi connectivity index (χ3v) is 5.32. The number of nitrogens with one attached hydrogen (secondary N) is 1. The van der Waals surface area contributed by atoms with E-state index in [9.17, 15) is 0 Å². The molecule has 2 unspecified atom stereocenters. The van der Waals surface area contributed by atoms with Crippen molar-refractivity contribution in [3.8, 4) is 0 Å². The molecule has 0 spiro atoms. The van der Waals surface area contributed by atoms with Gasteiger partial charge >= 0.3 is 0 Å². The van der Waals surface area contributed by atoms with Gasteiger partial charge in [0.25, 0.3) is 0 Å². The normalized spacial score (nSPS) is 40.5. The molecule has 2 saturated carbocycles. The maximum atomic E-state index is 6.11. The summed E-state index contributed by atoms with van der Waals surface area (Å²) < 4.78 is 0. The summed E-state index contributed by atoms with van der Waals surface area (Å²) in [5, 5.41) is 3.94. The lowest BCUT2D eigenvalue weighted by Gasteiger charge is -2.33. The Morgan fingerprint density at radius 3 is 2.56 bits per heavy atom. The van der Waals surface area contributed by atoms with Gasteiger partial charge in [-0.05, 0) is 43.9 Å². The molecule has 1 heterocycles. The van der Waals surface area contributed by atoms with E-state index >= 15 is 0 Å². The lowest BCUT2D eigenvalue weighted by atomic mass is 9.91. The Bertz CT molecular complexity index is 311. The molecule has 18 heavy (non-hydrogen) atoms. The molecule has 0 aromatic heterocycles. The predicted octanol–water partition coefficient (Wildman–Crippen LogP) is 1.72. The van der Waals surface area contributed by atoms with Gasteiger partial charge in [0.05, 0.1) is 0 Å². The summed E-state index contributed by atoms with van der Waals surface area (Å²) in [6, 6.07) is 1.59. The molecule has 0 amide bonds. The predicted molar refractivity (Wildman–Crippen MR) is 75.6 cm³/mol. The van der Waals surface area contributed by atoms with Crippen LogP contribution in [0.4, 0.5) is 0 Å². The molecule has 3 heteroatoms. The van der Waals surface area contributed by atoms with E-state index in [1.165, 1.54) is 51.6 Å². The molecule has 2 aliphatic carbocycles. The highest BCUT2D eigenvalue weighted by Gasteiger charge is 2.44. The van der Waals surface area contributed by atoms with E-state index in [4.69, 9.17) is 5.73 Å². The Morgan fingerprint density at radius 1 is 1.22 bits per heavy atom. The van der Waals surface area contributed by atoms with Gasteiger partial charge in [-0.15, -0.1) is 0 Å². The molecule has 3 rings (SSSR count). The third kappa shape index (κ3) is 2.59. The third-order valence-electron chi connectivity index (χ3n) is 5.32. The molecule has 3 fully saturated rings. The van der Waals surface area contributed by atoms with Crippen molar-refractivity contribution in [3.05, 3.63) is 0 Å². The van der Waals surface area contributed by atoms with Crippen LogP contribution in [0.1, 0.15) is 52.4 Å². The molecule has 3 N–H and O–H groups in total. The smallest absolute Gasteiger partial charge is 0.0447 e. The van der Waals surface area contributed by atoms with E-state index in [0.29, 0.717) is 11.5 Å². The number of hydrogen-bond acceptors (Lipinski definition) is 3. The summed E-state index contributed by atoms with van der Waals surface area (Å²) in [7, 11) is 0. The van der Waals surface area contributed by atoms with E-state index in [1.54, 1.807) is 0 Å². The van der Waals surface area contributed by atoms with E-state index < -0.39 is 0 Å². The molecule has 3 nitrogen and oxygen atoms in total. The Balaban J connectivity index is 1.59. The van der Waals surface area contributed by atoms with Gasteiger partial charge in [0.1, 0.15) is 0 Å². The maximum absolute atomic E-state index is 6.11. The first-order valence-electron chi connectivity index (χ1n) is 7.74. The average Bonchev–Trinajstić information content (AvgIpc) is 3.01. The molecule has 0 radical (unpaired) electrons. The van der Waals surface area contributed by atoms with Crippen molar-refractivity contribution < 1.29 is 0 Å². The molecule has 0 bridgehead atoms. The summed E-state index contributed by atoms with van der Waals surface area (Å²) >= 11 is 0. The first-order valence-corrected chi connectivity index (χ1v) is 7.74. The van der Waals surface area contributed by atoms with Crippen LogP contribution in [0.25, 0.3) is 0 Å². The van der Waals surface area contributed by atoms with Crippen molar-refractivity contribution in [1.82, 2.24) is 10.2 Å². The Morgan fingerprint density at radius 2 is 2.00 bits per heavy atom. The summed E-state index contributed by atoms with van der Waals surface area (Å²) in [6.45, 7) is 8.03. The Labute approximate surface area is 111 Å². The van der Waals surface area contributed by atoms with Crippen molar-refractivity contribution >= 4 is 0 Å². The molecule has 0 aromatic carbocycles. The van der Waals surface area contributed by atoms with Crippen molar-refractivity contribution in [2.75, 3.05) is 19.6 Å². The standard InChI is InChI=1S/C15H29N3/c1-14(2)6-5-12(9-14)17-15(10-16)7-8-18(11-15)13-3-4-13/h12-13,17H,3-11,16H2,1-2H3. The summed E-state index contributed by atoms with van der Waals surface area (Å²) in [4.78, 5) is 2.67. The second-order valence-corrected chi connectivity index (χ2v) is 7.68. The van der Waals surface area contributed by atoms with Gasteiger partial charge in [0, 0.05) is 37.3 Å². The van der Waals surface area contributed by atoms with Gasteiger partial charge in [0.15, 0.2) is 0 Å². The highest BCUT2D eigenvalue weighted by Crippen LogP contribution is 2.39. The van der Waals surface area contributed by atoms with Gasteiger partial charge in [-0.25, -0.2) is 0 Å². The fraction of sp³-hybridized carbons (Fsp3) is 1.00. The van der Waals surface area contributed by atoms with Gasteiger partial charge in [-0.1, -0.05) is 13.8 Å². The van der Waals surface area contributed by atoms with E-state index in [1.807, 2.05) is 0 Å². The number of likely N-dealkylation sites (tertiary alicyclic amines) is 1. The van der Waals surface area contributed by atoms with Crippen LogP contribution in [-0.4, -0.2) is 42.2 Å². The molecule has 104 valence electrons. The zero-order valence-electron chi connectivity index (χ0n) is 12.0. The first kappa shape index (κ1) is 12.9. The Hall–Kier alpha value is -0.120. The number of nitrogens with two attached hydrogens (primary N) is 1. The quantitative estimate of drug-likeness (QED) is 0.799. The minimum Gasteiger partial charge on any atom is -0.329 e. The molecular weight excluding hydrogens is 222 g/mol. The van der Waals surface area contributed by atoms with Crippen LogP contribution in [0.2, 0.25) is 0 Å². The van der Waals surface area contributed by atoms with Crippen LogP contribution in [0.3, 0.4) is 0 Å². The van der Waals surface area contributed by atoms with Crippen molar-refractivity contribution in [2.45, 2.75) is 70.0 Å². The second-order valence-electron chi connectivity index (χ2n) is 7.68. The molecular formula is C15H29N3. The fourth-order valence-corrected chi connectivity index (χ4v) is 3.99. The van der Waals surface area contributed by atoms with E-state index in [-0.39, 0.29) is 5.54 Å². The average molecular weight is 251 g/mol. The maximum Gasteiger partial charge on any atom is 0.0447 e. The molecule has 3 aliphatic rings. The summed E-state index contributed by atoms with van der Waals surface area (Å²) in [6.07, 6.45) is 8.08. The SMILES string of the molecule is CC1(C)CCC(NC2(CN)CCN(C3CC3)C2)C1. The van der Waals surface area contributed by atoms with Gasteiger partial charge in [0.2, 0.25) is 0 Å². The van der Waals surface area contributed by atoms with Crippen molar-refractivity contribution in [2.24, 2.45) is 11.1 Å². The van der Waals surface area contributed by atoms with Crippen molar-refractivity contribution in [3.63, 3.8) is 0 Å². The fourth-order valence-electron chi connectivity index (χ4n) is 3.99. The van der Waals surface area contributed by atoms with E-state index in [2.05, 4.69) is 24.1 Å². The zero-order valence-corrected chi connectivity index (χ0v) is 12.0. The highest BCUT2D eigenvalue weighted by atomic mass is 15.3. The number of rotatable bonds is 4. The lowest BCUT2D eigenvalue weighted by molar-refractivity contribution is 0.251. The topological polar surface area (TPSA) is 41.3 Å². The van der Waals surface area contributed by atoms with Crippen molar-refractivity contribution in [1.29, 1.82) is 0 Å². The monoisotopic (exact) mass is 251 g/mol. The second kappa shape index (κ2) is 4.46. The summed E-state index contributed by atoms with van der Waals surface area (Å²) in [5.74, 6) is 0. The van der Waals surface area contributed by atoms with Crippen LogP contribution in [-0.2, 0) is 0 Å². The molecule has 1 aliphatic heterocycles. The van der Waals surface area contributed by atoms with Crippen LogP contribution < -0.4 is 11.1 Å². The molecule has 0 aromatic rings. The van der Waals surface area contributed by atoms with Crippen LogP contribution in [0.5, 0.6) is 0 Å². The number of hydrogen-bond donors (Lipinski definition) is 2. The first-order chi connectivity index (χ1) is 8.52. The highest BCUT2D eigenvalue weighted by molar-refractivity contribution is 5.04. The molecule has 2 atom stereocenters. The molecule has 1 saturated heterocycles. The van der Waals surface area contributed by atoms with Gasteiger partial charge in [-0.2, -0.15) is 0 Å². The largest absolute Gasteiger partial charge is 0.329 e.